The number of benzene rings is 2. The minimum absolute atomic E-state index is 0.822. The molecule has 4 nitrogen and oxygen atoms in total. The summed E-state index contributed by atoms with van der Waals surface area (Å²) < 4.78 is 5.25. The van der Waals surface area contributed by atoms with E-state index in [4.69, 9.17) is 4.74 Å². The van der Waals surface area contributed by atoms with E-state index in [-0.39, 0.29) is 0 Å². The third-order valence-electron chi connectivity index (χ3n) is 4.05. The van der Waals surface area contributed by atoms with Crippen molar-refractivity contribution in [3.05, 3.63) is 65.8 Å². The van der Waals surface area contributed by atoms with Crippen LogP contribution < -0.4 is 10.1 Å². The van der Waals surface area contributed by atoms with Gasteiger partial charge in [0.2, 0.25) is 0 Å². The highest BCUT2D eigenvalue weighted by molar-refractivity contribution is 7.17. The molecule has 2 aromatic heterocycles. The van der Waals surface area contributed by atoms with Crippen molar-refractivity contribution in [2.75, 3.05) is 12.4 Å². The second-order valence-corrected chi connectivity index (χ2v) is 6.63. The van der Waals surface area contributed by atoms with Gasteiger partial charge < -0.3 is 10.1 Å². The number of fused-ring (bicyclic) bond motifs is 1. The molecule has 4 rings (SSSR count). The van der Waals surface area contributed by atoms with E-state index >= 15 is 0 Å². The predicted molar refractivity (Wildman–Crippen MR) is 104 cm³/mol. The minimum Gasteiger partial charge on any atom is -0.497 e. The van der Waals surface area contributed by atoms with Crippen LogP contribution in [-0.2, 0) is 0 Å². The van der Waals surface area contributed by atoms with Crippen molar-refractivity contribution in [2.45, 2.75) is 6.92 Å². The van der Waals surface area contributed by atoms with E-state index in [1.54, 1.807) is 24.8 Å². The van der Waals surface area contributed by atoms with E-state index in [9.17, 15) is 0 Å². The smallest absolute Gasteiger partial charge is 0.143 e. The van der Waals surface area contributed by atoms with Gasteiger partial charge in [-0.05, 0) is 42.3 Å². The molecule has 0 aliphatic heterocycles. The Hall–Kier alpha value is -2.92. The lowest BCUT2D eigenvalue weighted by Crippen LogP contribution is -1.95. The molecule has 0 bridgehead atoms. The zero-order valence-corrected chi connectivity index (χ0v) is 14.8. The molecular formula is C20H17N3OS. The van der Waals surface area contributed by atoms with Crippen LogP contribution in [-0.4, -0.2) is 17.1 Å². The molecule has 0 aliphatic carbocycles. The van der Waals surface area contributed by atoms with Gasteiger partial charge in [0, 0.05) is 16.6 Å². The Labute approximate surface area is 150 Å². The molecule has 0 saturated heterocycles. The van der Waals surface area contributed by atoms with Crippen LogP contribution in [0.3, 0.4) is 0 Å². The molecule has 2 heterocycles. The number of nitrogens with one attached hydrogen (secondary N) is 1. The van der Waals surface area contributed by atoms with Crippen molar-refractivity contribution in [1.82, 2.24) is 9.97 Å². The average Bonchev–Trinajstić information content (AvgIpc) is 3.07. The fraction of sp³-hybridized carbons (Fsp3) is 0.100. The summed E-state index contributed by atoms with van der Waals surface area (Å²) >= 11 is 1.62. The van der Waals surface area contributed by atoms with Crippen molar-refractivity contribution in [3.63, 3.8) is 0 Å². The molecule has 124 valence electrons. The first-order valence-electron chi connectivity index (χ1n) is 7.95. The molecule has 1 N–H and O–H groups in total. The molecule has 0 spiro atoms. The first-order valence-corrected chi connectivity index (χ1v) is 8.83. The number of thiophene rings is 1. The molecule has 25 heavy (non-hydrogen) atoms. The topological polar surface area (TPSA) is 47.0 Å². The Balaban J connectivity index is 1.81. The number of methoxy groups -OCH3 is 1. The van der Waals surface area contributed by atoms with Gasteiger partial charge in [-0.25, -0.2) is 9.97 Å². The maximum Gasteiger partial charge on any atom is 0.143 e. The van der Waals surface area contributed by atoms with Crippen LogP contribution in [0.4, 0.5) is 11.5 Å². The van der Waals surface area contributed by atoms with Crippen LogP contribution in [0.2, 0.25) is 0 Å². The van der Waals surface area contributed by atoms with Gasteiger partial charge >= 0.3 is 0 Å². The lowest BCUT2D eigenvalue weighted by molar-refractivity contribution is 0.415. The van der Waals surface area contributed by atoms with Gasteiger partial charge in [-0.1, -0.05) is 24.3 Å². The number of hydrogen-bond acceptors (Lipinski definition) is 5. The Kier molecular flexibility index (Phi) is 4.07. The maximum atomic E-state index is 5.25. The van der Waals surface area contributed by atoms with Crippen molar-refractivity contribution >= 4 is 33.1 Å². The summed E-state index contributed by atoms with van der Waals surface area (Å²) in [6.07, 6.45) is 1.61. The van der Waals surface area contributed by atoms with E-state index < -0.39 is 0 Å². The van der Waals surface area contributed by atoms with Crippen molar-refractivity contribution < 1.29 is 4.74 Å². The first-order chi connectivity index (χ1) is 12.2. The molecule has 0 aliphatic rings. The zero-order chi connectivity index (χ0) is 17.2. The predicted octanol–water partition coefficient (Wildman–Crippen LogP) is 5.42. The zero-order valence-electron chi connectivity index (χ0n) is 14.0. The van der Waals surface area contributed by atoms with Gasteiger partial charge in [-0.3, -0.25) is 0 Å². The van der Waals surface area contributed by atoms with Crippen molar-refractivity contribution in [3.8, 4) is 16.9 Å². The normalized spacial score (nSPS) is 10.8. The summed E-state index contributed by atoms with van der Waals surface area (Å²) in [4.78, 5) is 9.88. The van der Waals surface area contributed by atoms with Gasteiger partial charge in [0.05, 0.1) is 12.5 Å². The number of anilines is 2. The molecule has 0 fully saturated rings. The number of nitrogens with zero attached hydrogens (tertiary/aromatic N) is 2. The lowest BCUT2D eigenvalue weighted by atomic mass is 10.1. The molecule has 0 radical (unpaired) electrons. The Morgan fingerprint density at radius 3 is 2.64 bits per heavy atom. The Bertz CT molecular complexity index is 1020. The van der Waals surface area contributed by atoms with Gasteiger partial charge in [0.1, 0.15) is 22.7 Å². The minimum atomic E-state index is 0.822. The summed E-state index contributed by atoms with van der Waals surface area (Å²) in [6.45, 7) is 2.08. The van der Waals surface area contributed by atoms with Crippen LogP contribution in [0.25, 0.3) is 21.3 Å². The quantitative estimate of drug-likeness (QED) is 0.535. The third-order valence-corrected chi connectivity index (χ3v) is 4.94. The van der Waals surface area contributed by atoms with Gasteiger partial charge in [0.15, 0.2) is 0 Å². The summed E-state index contributed by atoms with van der Waals surface area (Å²) in [5.41, 5.74) is 4.47. The standard InChI is InChI=1S/C20H17N3OS/c1-13-4-3-5-15(10-13)23-19-18-17(11-25-20(18)22-12-21-19)14-6-8-16(24-2)9-7-14/h3-12H,1-2H3,(H,21,22,23). The largest absolute Gasteiger partial charge is 0.497 e. The molecule has 0 atom stereocenters. The second-order valence-electron chi connectivity index (χ2n) is 5.77. The monoisotopic (exact) mass is 347 g/mol. The Morgan fingerprint density at radius 2 is 1.88 bits per heavy atom. The number of rotatable bonds is 4. The highest BCUT2D eigenvalue weighted by Crippen LogP contribution is 2.37. The molecule has 2 aromatic carbocycles. The lowest BCUT2D eigenvalue weighted by Gasteiger charge is -2.09. The van der Waals surface area contributed by atoms with E-state index in [2.05, 4.69) is 51.9 Å². The molecule has 0 saturated carbocycles. The van der Waals surface area contributed by atoms with E-state index in [0.29, 0.717) is 0 Å². The first kappa shape index (κ1) is 15.6. The Morgan fingerprint density at radius 1 is 1.04 bits per heavy atom. The SMILES string of the molecule is COc1ccc(-c2csc3ncnc(Nc4cccc(C)c4)c23)cc1. The molecule has 0 amide bonds. The van der Waals surface area contributed by atoms with Crippen LogP contribution in [0.1, 0.15) is 5.56 Å². The van der Waals surface area contributed by atoms with Crippen molar-refractivity contribution in [1.29, 1.82) is 0 Å². The van der Waals surface area contributed by atoms with Crippen LogP contribution in [0.5, 0.6) is 5.75 Å². The third kappa shape index (κ3) is 3.06. The highest BCUT2D eigenvalue weighted by Gasteiger charge is 2.13. The average molecular weight is 347 g/mol. The number of aromatic nitrogens is 2. The summed E-state index contributed by atoms with van der Waals surface area (Å²) in [7, 11) is 1.67. The van der Waals surface area contributed by atoms with Gasteiger partial charge in [-0.2, -0.15) is 0 Å². The molecule has 4 aromatic rings. The number of aryl methyl sites for hydroxylation is 1. The van der Waals surface area contributed by atoms with E-state index in [1.807, 2.05) is 24.3 Å². The summed E-state index contributed by atoms with van der Waals surface area (Å²) in [6, 6.07) is 16.3. The van der Waals surface area contributed by atoms with Crippen LogP contribution in [0.15, 0.2) is 60.2 Å². The maximum absolute atomic E-state index is 5.25. The molecule has 0 unspecified atom stereocenters. The summed E-state index contributed by atoms with van der Waals surface area (Å²) in [5.74, 6) is 1.67. The second kappa shape index (κ2) is 6.53. The molecule has 5 heteroatoms. The molecular weight excluding hydrogens is 330 g/mol. The summed E-state index contributed by atoms with van der Waals surface area (Å²) in [5, 5.41) is 6.61. The van der Waals surface area contributed by atoms with Crippen LogP contribution in [0, 0.1) is 6.92 Å². The fourth-order valence-corrected chi connectivity index (χ4v) is 3.73. The van der Waals surface area contributed by atoms with Gasteiger partial charge in [0.25, 0.3) is 0 Å². The van der Waals surface area contributed by atoms with Crippen molar-refractivity contribution in [2.24, 2.45) is 0 Å². The number of hydrogen-bond donors (Lipinski definition) is 1. The number of ether oxygens (including phenoxy) is 1. The van der Waals surface area contributed by atoms with Gasteiger partial charge in [-0.15, -0.1) is 11.3 Å². The van der Waals surface area contributed by atoms with Crippen LogP contribution >= 0.6 is 11.3 Å². The van der Waals surface area contributed by atoms with E-state index in [0.717, 1.165) is 38.6 Å². The highest BCUT2D eigenvalue weighted by atomic mass is 32.1. The van der Waals surface area contributed by atoms with E-state index in [1.165, 1.54) is 5.56 Å². The fourth-order valence-electron chi connectivity index (χ4n) is 2.81.